The molecule has 0 spiro atoms. The summed E-state index contributed by atoms with van der Waals surface area (Å²) in [5, 5.41) is 11.8. The molecule has 4 heteroatoms. The van der Waals surface area contributed by atoms with Crippen LogP contribution < -0.4 is 11.1 Å². The van der Waals surface area contributed by atoms with E-state index in [1.807, 2.05) is 6.92 Å². The van der Waals surface area contributed by atoms with Crippen molar-refractivity contribution in [3.8, 4) is 0 Å². The lowest BCUT2D eigenvalue weighted by atomic mass is 10.2. The average molecular weight is 160 g/mol. The highest BCUT2D eigenvalue weighted by Gasteiger charge is 2.05. The summed E-state index contributed by atoms with van der Waals surface area (Å²) in [7, 11) is 0. The molecule has 2 unspecified atom stereocenters. The van der Waals surface area contributed by atoms with Crippen molar-refractivity contribution in [3.63, 3.8) is 0 Å². The summed E-state index contributed by atoms with van der Waals surface area (Å²) < 4.78 is 0. The van der Waals surface area contributed by atoms with Gasteiger partial charge in [-0.1, -0.05) is 0 Å². The second-order valence-corrected chi connectivity index (χ2v) is 2.83. The predicted molar refractivity (Wildman–Crippen MR) is 43.0 cm³/mol. The van der Waals surface area contributed by atoms with Crippen molar-refractivity contribution < 1.29 is 9.90 Å². The van der Waals surface area contributed by atoms with E-state index in [4.69, 9.17) is 10.8 Å². The highest BCUT2D eigenvalue weighted by molar-refractivity contribution is 5.74. The summed E-state index contributed by atoms with van der Waals surface area (Å²) in [4.78, 5) is 10.4. The Bertz CT molecular complexity index is 126. The fourth-order valence-electron chi connectivity index (χ4n) is 0.746. The molecule has 0 aromatic heterocycles. The maximum atomic E-state index is 10.4. The molecule has 0 saturated carbocycles. The van der Waals surface area contributed by atoms with Gasteiger partial charge in [0.2, 0.25) is 5.91 Å². The number of aliphatic hydroxyl groups is 1. The van der Waals surface area contributed by atoms with Crippen LogP contribution in [0.4, 0.5) is 0 Å². The molecular weight excluding hydrogens is 144 g/mol. The summed E-state index contributed by atoms with van der Waals surface area (Å²) in [5.41, 5.74) is 4.96. The number of amides is 1. The van der Waals surface area contributed by atoms with Gasteiger partial charge in [-0.3, -0.25) is 4.79 Å². The van der Waals surface area contributed by atoms with E-state index in [1.165, 1.54) is 0 Å². The fraction of sp³-hybridized carbons (Fsp3) is 0.857. The Morgan fingerprint density at radius 2 is 2.18 bits per heavy atom. The molecule has 0 aliphatic heterocycles. The first kappa shape index (κ1) is 10.4. The standard InChI is InChI=1S/C7H16N2O2/c1-5(3-7(8)11)9-4-6(2)10/h5-6,9-10H,3-4H2,1-2H3,(H2,8,11). The molecular formula is C7H16N2O2. The van der Waals surface area contributed by atoms with Crippen molar-refractivity contribution in [2.75, 3.05) is 6.54 Å². The Balaban J connectivity index is 3.37. The number of primary amides is 1. The maximum absolute atomic E-state index is 10.4. The van der Waals surface area contributed by atoms with Gasteiger partial charge in [0.1, 0.15) is 0 Å². The Hall–Kier alpha value is -0.610. The van der Waals surface area contributed by atoms with E-state index < -0.39 is 0 Å². The quantitative estimate of drug-likeness (QED) is 0.494. The lowest BCUT2D eigenvalue weighted by Crippen LogP contribution is -2.35. The van der Waals surface area contributed by atoms with Crippen LogP contribution in [-0.2, 0) is 4.79 Å². The molecule has 0 bridgehead atoms. The molecule has 11 heavy (non-hydrogen) atoms. The summed E-state index contributed by atoms with van der Waals surface area (Å²) in [5.74, 6) is -0.324. The SMILES string of the molecule is CC(O)CNC(C)CC(N)=O. The summed E-state index contributed by atoms with van der Waals surface area (Å²) >= 11 is 0. The topological polar surface area (TPSA) is 75.3 Å². The number of aliphatic hydroxyl groups excluding tert-OH is 1. The zero-order valence-corrected chi connectivity index (χ0v) is 7.00. The molecule has 4 N–H and O–H groups in total. The van der Waals surface area contributed by atoms with Crippen LogP contribution in [0.2, 0.25) is 0 Å². The number of carbonyl (C=O) groups is 1. The third kappa shape index (κ3) is 7.29. The van der Waals surface area contributed by atoms with Gasteiger partial charge in [0.05, 0.1) is 6.10 Å². The Labute approximate surface area is 66.8 Å². The monoisotopic (exact) mass is 160 g/mol. The van der Waals surface area contributed by atoms with E-state index in [-0.39, 0.29) is 18.1 Å². The van der Waals surface area contributed by atoms with Crippen molar-refractivity contribution in [1.29, 1.82) is 0 Å². The number of nitrogens with two attached hydrogens (primary N) is 1. The van der Waals surface area contributed by atoms with Crippen LogP contribution in [0.25, 0.3) is 0 Å². The smallest absolute Gasteiger partial charge is 0.218 e. The molecule has 0 saturated heterocycles. The molecule has 0 heterocycles. The van der Waals surface area contributed by atoms with Crippen LogP contribution in [-0.4, -0.2) is 29.7 Å². The molecule has 0 fully saturated rings. The molecule has 0 aliphatic carbocycles. The lowest BCUT2D eigenvalue weighted by molar-refractivity contribution is -0.118. The first-order valence-corrected chi connectivity index (χ1v) is 3.72. The van der Waals surface area contributed by atoms with Crippen molar-refractivity contribution >= 4 is 5.91 Å². The van der Waals surface area contributed by atoms with Crippen LogP contribution in [0.1, 0.15) is 20.3 Å². The second-order valence-electron chi connectivity index (χ2n) is 2.83. The second kappa shape index (κ2) is 5.09. The van der Waals surface area contributed by atoms with Gasteiger partial charge >= 0.3 is 0 Å². The third-order valence-electron chi connectivity index (χ3n) is 1.27. The number of nitrogens with one attached hydrogen (secondary N) is 1. The van der Waals surface area contributed by atoms with Crippen molar-refractivity contribution in [2.24, 2.45) is 5.73 Å². The Kier molecular flexibility index (Phi) is 4.81. The van der Waals surface area contributed by atoms with Gasteiger partial charge in [0, 0.05) is 19.0 Å². The third-order valence-corrected chi connectivity index (χ3v) is 1.27. The van der Waals surface area contributed by atoms with Gasteiger partial charge in [-0.15, -0.1) is 0 Å². The van der Waals surface area contributed by atoms with Gasteiger partial charge < -0.3 is 16.2 Å². The van der Waals surface area contributed by atoms with E-state index in [1.54, 1.807) is 6.92 Å². The first-order valence-electron chi connectivity index (χ1n) is 3.72. The summed E-state index contributed by atoms with van der Waals surface area (Å²) in [6, 6.07) is 0.0436. The number of carbonyl (C=O) groups excluding carboxylic acids is 1. The van der Waals surface area contributed by atoms with Crippen LogP contribution in [0, 0.1) is 0 Å². The molecule has 0 radical (unpaired) electrons. The van der Waals surface area contributed by atoms with Crippen LogP contribution in [0.15, 0.2) is 0 Å². The van der Waals surface area contributed by atoms with Crippen LogP contribution in [0.3, 0.4) is 0 Å². The average Bonchev–Trinajstić information content (AvgIpc) is 1.82. The normalized spacial score (nSPS) is 15.9. The van der Waals surface area contributed by atoms with Gasteiger partial charge in [-0.2, -0.15) is 0 Å². The zero-order valence-electron chi connectivity index (χ0n) is 7.00. The lowest BCUT2D eigenvalue weighted by Gasteiger charge is -2.12. The maximum Gasteiger partial charge on any atom is 0.218 e. The van der Waals surface area contributed by atoms with Crippen molar-refractivity contribution in [1.82, 2.24) is 5.32 Å². The van der Waals surface area contributed by atoms with E-state index in [0.29, 0.717) is 13.0 Å². The van der Waals surface area contributed by atoms with E-state index in [0.717, 1.165) is 0 Å². The minimum Gasteiger partial charge on any atom is -0.392 e. The molecule has 1 amide bonds. The van der Waals surface area contributed by atoms with Crippen molar-refractivity contribution in [3.05, 3.63) is 0 Å². The molecule has 66 valence electrons. The van der Waals surface area contributed by atoms with Crippen LogP contribution >= 0.6 is 0 Å². The number of hydrogen-bond acceptors (Lipinski definition) is 3. The molecule has 0 aliphatic rings. The summed E-state index contributed by atoms with van der Waals surface area (Å²) in [6.45, 7) is 4.03. The molecule has 0 aromatic carbocycles. The highest BCUT2D eigenvalue weighted by Crippen LogP contribution is 1.88. The zero-order chi connectivity index (χ0) is 8.85. The van der Waals surface area contributed by atoms with E-state index in [9.17, 15) is 4.79 Å². The van der Waals surface area contributed by atoms with E-state index >= 15 is 0 Å². The van der Waals surface area contributed by atoms with Gasteiger partial charge in [0.15, 0.2) is 0 Å². The predicted octanol–water partition coefficient (Wildman–Crippen LogP) is -0.779. The minimum absolute atomic E-state index is 0.0436. The highest BCUT2D eigenvalue weighted by atomic mass is 16.3. The molecule has 0 rings (SSSR count). The first-order chi connectivity index (χ1) is 5.02. The number of hydrogen-bond donors (Lipinski definition) is 3. The largest absolute Gasteiger partial charge is 0.392 e. The Morgan fingerprint density at radius 1 is 1.64 bits per heavy atom. The van der Waals surface area contributed by atoms with E-state index in [2.05, 4.69) is 5.32 Å². The van der Waals surface area contributed by atoms with Gasteiger partial charge in [0.25, 0.3) is 0 Å². The van der Waals surface area contributed by atoms with Gasteiger partial charge in [-0.05, 0) is 13.8 Å². The molecule has 4 nitrogen and oxygen atoms in total. The Morgan fingerprint density at radius 3 is 2.55 bits per heavy atom. The van der Waals surface area contributed by atoms with Crippen molar-refractivity contribution in [2.45, 2.75) is 32.4 Å². The minimum atomic E-state index is -0.384. The summed E-state index contributed by atoms with van der Waals surface area (Å²) in [6.07, 6.45) is -0.0717. The fourth-order valence-corrected chi connectivity index (χ4v) is 0.746. The molecule has 0 aromatic rings. The van der Waals surface area contributed by atoms with Crippen LogP contribution in [0.5, 0.6) is 0 Å². The number of rotatable bonds is 5. The molecule has 2 atom stereocenters. The van der Waals surface area contributed by atoms with Gasteiger partial charge in [-0.25, -0.2) is 0 Å².